The Bertz CT molecular complexity index is 3820. The lowest BCUT2D eigenvalue weighted by Gasteiger charge is -2.12. The van der Waals surface area contributed by atoms with Crippen molar-refractivity contribution in [2.24, 2.45) is 0 Å². The molecule has 13 rings (SSSR count). The van der Waals surface area contributed by atoms with Gasteiger partial charge in [-0.15, -0.1) is 11.3 Å². The van der Waals surface area contributed by atoms with Gasteiger partial charge in [0.25, 0.3) is 0 Å². The van der Waals surface area contributed by atoms with E-state index in [2.05, 4.69) is 187 Å². The molecule has 0 amide bonds. The molecule has 7 heteroatoms. The van der Waals surface area contributed by atoms with Gasteiger partial charge in [-0.3, -0.25) is 0 Å². The topological polar surface area (TPSA) is 69.6 Å². The van der Waals surface area contributed by atoms with Crippen molar-refractivity contribution in [2.45, 2.75) is 0 Å². The number of aromatic nitrogens is 5. The Morgan fingerprint density at radius 1 is 0.410 bits per heavy atom. The molecule has 0 aliphatic carbocycles. The number of rotatable bonds is 5. The summed E-state index contributed by atoms with van der Waals surface area (Å²) in [5, 5.41) is 9.86. The lowest BCUT2D eigenvalue weighted by molar-refractivity contribution is 0.669. The molecule has 0 fully saturated rings. The maximum atomic E-state index is 6.53. The molecule has 284 valence electrons. The summed E-state index contributed by atoms with van der Waals surface area (Å²) in [4.78, 5) is 20.9. The molecule has 0 aliphatic heterocycles. The lowest BCUT2D eigenvalue weighted by atomic mass is 10.0. The van der Waals surface area contributed by atoms with Crippen LogP contribution in [0.5, 0.6) is 0 Å². The molecule has 61 heavy (non-hydrogen) atoms. The van der Waals surface area contributed by atoms with Gasteiger partial charge < -0.3 is 8.98 Å². The maximum Gasteiger partial charge on any atom is 0.164 e. The average molecular weight is 798 g/mol. The van der Waals surface area contributed by atoms with Gasteiger partial charge in [0.2, 0.25) is 0 Å². The van der Waals surface area contributed by atoms with Crippen LogP contribution in [-0.4, -0.2) is 24.5 Å². The summed E-state index contributed by atoms with van der Waals surface area (Å²) in [6, 6.07) is 65.6. The number of furan rings is 1. The fourth-order valence-electron chi connectivity index (χ4n) is 9.04. The highest BCUT2D eigenvalue weighted by Crippen LogP contribution is 2.42. The van der Waals surface area contributed by atoms with E-state index in [1.807, 2.05) is 6.07 Å². The highest BCUT2D eigenvalue weighted by Gasteiger charge is 2.20. The fraction of sp³-hybridized carbons (Fsp3) is 0. The predicted molar refractivity (Wildman–Crippen MR) is 251 cm³/mol. The van der Waals surface area contributed by atoms with Crippen LogP contribution >= 0.6 is 11.3 Å². The zero-order chi connectivity index (χ0) is 40.0. The van der Waals surface area contributed by atoms with Crippen LogP contribution < -0.4 is 0 Å². The van der Waals surface area contributed by atoms with Crippen molar-refractivity contribution >= 4 is 86.8 Å². The molecule has 0 saturated carbocycles. The number of benzene rings is 9. The molecule has 0 spiro atoms. The first kappa shape index (κ1) is 33.9. The first-order valence-electron chi connectivity index (χ1n) is 20.3. The zero-order valence-corrected chi connectivity index (χ0v) is 33.3. The summed E-state index contributed by atoms with van der Waals surface area (Å²) in [5.74, 6) is 1.82. The quantitative estimate of drug-likeness (QED) is 0.173. The van der Waals surface area contributed by atoms with Crippen LogP contribution in [0.4, 0.5) is 0 Å². The Kier molecular flexibility index (Phi) is 7.37. The summed E-state index contributed by atoms with van der Waals surface area (Å²) in [6.07, 6.45) is 0. The minimum Gasteiger partial charge on any atom is -0.456 e. The van der Waals surface area contributed by atoms with Gasteiger partial charge in [0.1, 0.15) is 16.2 Å². The SMILES string of the molecule is c1ccc(-c2nc3c(ccc4oc5ccc6ccc(-c7nc(-c8ccc(-n9c%10ccccc%10c%10ccccc%109)cc8)nc(-c8cccc9ccccc89)n7)cc6c5c43)s2)cc1. The summed E-state index contributed by atoms with van der Waals surface area (Å²) in [5.41, 5.74) is 9.83. The van der Waals surface area contributed by atoms with Crippen LogP contribution in [-0.2, 0) is 0 Å². The summed E-state index contributed by atoms with van der Waals surface area (Å²) in [6.45, 7) is 0. The number of hydrogen-bond acceptors (Lipinski definition) is 6. The minimum absolute atomic E-state index is 0.594. The van der Waals surface area contributed by atoms with E-state index in [9.17, 15) is 0 Å². The number of thiazole rings is 1. The average Bonchev–Trinajstić information content (AvgIpc) is 4.04. The molecule has 0 bridgehead atoms. The van der Waals surface area contributed by atoms with Crippen LogP contribution in [0.15, 0.2) is 192 Å². The Hall–Kier alpha value is -8.00. The first-order chi connectivity index (χ1) is 30.2. The van der Waals surface area contributed by atoms with Gasteiger partial charge in [0.15, 0.2) is 17.5 Å². The van der Waals surface area contributed by atoms with E-state index in [0.29, 0.717) is 17.5 Å². The third-order valence-electron chi connectivity index (χ3n) is 11.9. The molecule has 0 N–H and O–H groups in total. The molecule has 4 heterocycles. The number of nitrogens with zero attached hydrogens (tertiary/aromatic N) is 5. The Morgan fingerprint density at radius 3 is 1.82 bits per heavy atom. The van der Waals surface area contributed by atoms with E-state index in [0.717, 1.165) is 86.6 Å². The zero-order valence-electron chi connectivity index (χ0n) is 32.5. The standard InChI is InChI=1S/C54H31N5OS/c1-2-12-35(13-3-1)54-55-50-47(61-54)30-29-46-49(50)48-42-31-36(22-21-33(42)25-28-45(48)60-46)52-56-51(57-53(58-52)41-18-10-14-32-11-4-5-15-38(32)41)34-23-26-37(27-24-34)59-43-19-8-6-16-39(43)40-17-7-9-20-44(40)59/h1-31H. The molecule has 9 aromatic carbocycles. The maximum absolute atomic E-state index is 6.53. The van der Waals surface area contributed by atoms with Crippen molar-refractivity contribution < 1.29 is 4.42 Å². The second-order valence-corrected chi connectivity index (χ2v) is 16.4. The Morgan fingerprint density at radius 2 is 1.02 bits per heavy atom. The van der Waals surface area contributed by atoms with Crippen LogP contribution in [0.3, 0.4) is 0 Å². The third-order valence-corrected chi connectivity index (χ3v) is 13.0. The van der Waals surface area contributed by atoms with E-state index >= 15 is 0 Å². The van der Waals surface area contributed by atoms with Crippen molar-refractivity contribution in [1.29, 1.82) is 0 Å². The fourth-order valence-corrected chi connectivity index (χ4v) is 10.0. The van der Waals surface area contributed by atoms with Crippen molar-refractivity contribution in [3.8, 4) is 50.4 Å². The van der Waals surface area contributed by atoms with Crippen molar-refractivity contribution in [3.63, 3.8) is 0 Å². The molecule has 0 atom stereocenters. The second kappa shape index (κ2) is 13.3. The molecule has 0 radical (unpaired) electrons. The molecule has 0 saturated heterocycles. The van der Waals surface area contributed by atoms with Crippen molar-refractivity contribution in [2.75, 3.05) is 0 Å². The van der Waals surface area contributed by atoms with E-state index in [-0.39, 0.29) is 0 Å². The smallest absolute Gasteiger partial charge is 0.164 e. The van der Waals surface area contributed by atoms with Gasteiger partial charge in [-0.05, 0) is 82.2 Å². The predicted octanol–water partition coefficient (Wildman–Crippen LogP) is 14.5. The van der Waals surface area contributed by atoms with Gasteiger partial charge in [-0.1, -0.05) is 127 Å². The van der Waals surface area contributed by atoms with Gasteiger partial charge in [-0.25, -0.2) is 19.9 Å². The van der Waals surface area contributed by atoms with Gasteiger partial charge >= 0.3 is 0 Å². The molecule has 0 aliphatic rings. The monoisotopic (exact) mass is 797 g/mol. The number of fused-ring (bicyclic) bond motifs is 11. The van der Waals surface area contributed by atoms with Crippen LogP contribution in [0.25, 0.3) is 126 Å². The van der Waals surface area contributed by atoms with Crippen molar-refractivity contribution in [1.82, 2.24) is 24.5 Å². The molecular weight excluding hydrogens is 767 g/mol. The molecule has 0 unspecified atom stereocenters. The largest absolute Gasteiger partial charge is 0.456 e. The Balaban J connectivity index is 1.00. The van der Waals surface area contributed by atoms with Gasteiger partial charge in [-0.2, -0.15) is 0 Å². The van der Waals surface area contributed by atoms with E-state index < -0.39 is 0 Å². The van der Waals surface area contributed by atoms with E-state index in [1.54, 1.807) is 11.3 Å². The minimum atomic E-state index is 0.594. The summed E-state index contributed by atoms with van der Waals surface area (Å²) < 4.78 is 9.97. The highest BCUT2D eigenvalue weighted by molar-refractivity contribution is 7.21. The van der Waals surface area contributed by atoms with Crippen LogP contribution in [0, 0.1) is 0 Å². The molecule has 6 nitrogen and oxygen atoms in total. The second-order valence-electron chi connectivity index (χ2n) is 15.4. The molecule has 4 aromatic heterocycles. The molecule has 13 aromatic rings. The normalized spacial score (nSPS) is 11.9. The first-order valence-corrected chi connectivity index (χ1v) is 21.1. The van der Waals surface area contributed by atoms with E-state index in [4.69, 9.17) is 24.4 Å². The van der Waals surface area contributed by atoms with Crippen LogP contribution in [0.2, 0.25) is 0 Å². The van der Waals surface area contributed by atoms with Crippen LogP contribution in [0.1, 0.15) is 0 Å². The molecular formula is C54H31N5OS. The van der Waals surface area contributed by atoms with E-state index in [1.165, 1.54) is 21.8 Å². The summed E-state index contributed by atoms with van der Waals surface area (Å²) >= 11 is 1.70. The number of para-hydroxylation sites is 2. The van der Waals surface area contributed by atoms with Crippen molar-refractivity contribution in [3.05, 3.63) is 188 Å². The van der Waals surface area contributed by atoms with Gasteiger partial charge in [0.05, 0.1) is 26.6 Å². The summed E-state index contributed by atoms with van der Waals surface area (Å²) in [7, 11) is 0. The highest BCUT2D eigenvalue weighted by atomic mass is 32.1. The third kappa shape index (κ3) is 5.34. The van der Waals surface area contributed by atoms with Gasteiger partial charge in [0, 0.05) is 44.1 Å². The lowest BCUT2D eigenvalue weighted by Crippen LogP contribution is -2.01. The Labute approximate surface area is 352 Å². The number of hydrogen-bond donors (Lipinski definition) is 0.